The highest BCUT2D eigenvalue weighted by molar-refractivity contribution is 6.01. The van der Waals surface area contributed by atoms with Crippen LogP contribution in [0.4, 0.5) is 0 Å². The minimum atomic E-state index is -0.458. The zero-order valence-electron chi connectivity index (χ0n) is 14.4. The summed E-state index contributed by atoms with van der Waals surface area (Å²) in [4.78, 5) is 29.3. The highest BCUT2D eigenvalue weighted by Crippen LogP contribution is 2.20. The molecule has 2 aromatic carbocycles. The molecule has 0 saturated carbocycles. The van der Waals surface area contributed by atoms with Gasteiger partial charge >= 0.3 is 5.97 Å². The van der Waals surface area contributed by atoms with Crippen molar-refractivity contribution < 1.29 is 14.3 Å². The van der Waals surface area contributed by atoms with Crippen molar-refractivity contribution in [1.29, 1.82) is 0 Å². The van der Waals surface area contributed by atoms with Gasteiger partial charge in [-0.05, 0) is 31.3 Å². The number of rotatable bonds is 5. The average Bonchev–Trinajstić information content (AvgIpc) is 2.64. The fraction of sp³-hybridized carbons (Fsp3) is 0.300. The van der Waals surface area contributed by atoms with Crippen LogP contribution in [0.2, 0.25) is 0 Å². The SMILES string of the molecule is CN1CCN(CC(=O)c2ccccc2OC(=O)c2ccccc2)CC1. The van der Waals surface area contributed by atoms with Gasteiger partial charge in [-0.2, -0.15) is 0 Å². The van der Waals surface area contributed by atoms with Gasteiger partial charge in [0.15, 0.2) is 5.78 Å². The van der Waals surface area contributed by atoms with Crippen molar-refractivity contribution >= 4 is 11.8 Å². The lowest BCUT2D eigenvalue weighted by molar-refractivity contribution is 0.0730. The number of ketones is 1. The Morgan fingerprint density at radius 2 is 1.56 bits per heavy atom. The molecule has 2 aromatic rings. The Hall–Kier alpha value is -2.50. The molecule has 130 valence electrons. The fourth-order valence-electron chi connectivity index (χ4n) is 2.81. The van der Waals surface area contributed by atoms with Gasteiger partial charge in [-0.25, -0.2) is 4.79 Å². The number of nitrogens with zero attached hydrogens (tertiary/aromatic N) is 2. The molecule has 0 aliphatic carbocycles. The third kappa shape index (κ3) is 4.53. The zero-order valence-corrected chi connectivity index (χ0v) is 14.4. The largest absolute Gasteiger partial charge is 0.422 e. The maximum Gasteiger partial charge on any atom is 0.343 e. The lowest BCUT2D eigenvalue weighted by atomic mass is 10.1. The van der Waals surface area contributed by atoms with Crippen LogP contribution in [0.3, 0.4) is 0 Å². The van der Waals surface area contributed by atoms with Gasteiger partial charge in [0.25, 0.3) is 0 Å². The smallest absolute Gasteiger partial charge is 0.343 e. The molecule has 1 heterocycles. The van der Waals surface area contributed by atoms with Gasteiger partial charge in [-0.15, -0.1) is 0 Å². The van der Waals surface area contributed by atoms with E-state index < -0.39 is 5.97 Å². The second-order valence-corrected chi connectivity index (χ2v) is 6.25. The molecule has 5 heteroatoms. The Labute approximate surface area is 147 Å². The Morgan fingerprint density at radius 1 is 0.920 bits per heavy atom. The molecular weight excluding hydrogens is 316 g/mol. The molecule has 0 atom stereocenters. The summed E-state index contributed by atoms with van der Waals surface area (Å²) in [5, 5.41) is 0. The molecule has 0 aromatic heterocycles. The molecule has 0 spiro atoms. The lowest BCUT2D eigenvalue weighted by Crippen LogP contribution is -2.46. The van der Waals surface area contributed by atoms with Crippen molar-refractivity contribution in [3.05, 3.63) is 65.7 Å². The van der Waals surface area contributed by atoms with E-state index in [1.165, 1.54) is 0 Å². The fourth-order valence-corrected chi connectivity index (χ4v) is 2.81. The summed E-state index contributed by atoms with van der Waals surface area (Å²) in [7, 11) is 2.08. The topological polar surface area (TPSA) is 49.9 Å². The van der Waals surface area contributed by atoms with E-state index in [9.17, 15) is 9.59 Å². The zero-order chi connectivity index (χ0) is 17.6. The van der Waals surface area contributed by atoms with Gasteiger partial charge in [-0.3, -0.25) is 9.69 Å². The maximum absolute atomic E-state index is 12.7. The molecule has 0 unspecified atom stereocenters. The van der Waals surface area contributed by atoms with E-state index >= 15 is 0 Å². The molecule has 3 rings (SSSR count). The van der Waals surface area contributed by atoms with Crippen LogP contribution < -0.4 is 4.74 Å². The first-order valence-electron chi connectivity index (χ1n) is 8.44. The highest BCUT2D eigenvalue weighted by Gasteiger charge is 2.20. The predicted molar refractivity (Wildman–Crippen MR) is 96.1 cm³/mol. The van der Waals surface area contributed by atoms with Crippen molar-refractivity contribution in [1.82, 2.24) is 9.80 Å². The van der Waals surface area contributed by atoms with Crippen LogP contribution in [-0.4, -0.2) is 61.3 Å². The number of benzene rings is 2. The van der Waals surface area contributed by atoms with E-state index in [4.69, 9.17) is 4.74 Å². The molecule has 5 nitrogen and oxygen atoms in total. The third-order valence-corrected chi connectivity index (χ3v) is 4.36. The number of likely N-dealkylation sites (N-methyl/N-ethyl adjacent to an activating group) is 1. The molecule has 25 heavy (non-hydrogen) atoms. The van der Waals surface area contributed by atoms with Crippen molar-refractivity contribution in [2.24, 2.45) is 0 Å². The molecule has 0 amide bonds. The van der Waals surface area contributed by atoms with Gasteiger partial charge in [-0.1, -0.05) is 30.3 Å². The normalized spacial score (nSPS) is 15.7. The van der Waals surface area contributed by atoms with E-state index in [-0.39, 0.29) is 5.78 Å². The summed E-state index contributed by atoms with van der Waals surface area (Å²) < 4.78 is 5.47. The molecular formula is C20H22N2O3. The Balaban J connectivity index is 1.70. The van der Waals surface area contributed by atoms with E-state index in [0.717, 1.165) is 26.2 Å². The number of hydrogen-bond donors (Lipinski definition) is 0. The number of hydrogen-bond acceptors (Lipinski definition) is 5. The van der Waals surface area contributed by atoms with Crippen LogP contribution in [0.5, 0.6) is 5.75 Å². The number of ether oxygens (including phenoxy) is 1. The first kappa shape index (κ1) is 17.3. The van der Waals surface area contributed by atoms with E-state index in [1.807, 2.05) is 6.07 Å². The van der Waals surface area contributed by atoms with Crippen LogP contribution in [0.15, 0.2) is 54.6 Å². The number of esters is 1. The first-order chi connectivity index (χ1) is 12.1. The highest BCUT2D eigenvalue weighted by atomic mass is 16.5. The quantitative estimate of drug-likeness (QED) is 0.476. The molecule has 1 aliphatic rings. The minimum Gasteiger partial charge on any atom is -0.422 e. The van der Waals surface area contributed by atoms with Crippen molar-refractivity contribution in [2.75, 3.05) is 39.8 Å². The molecule has 0 bridgehead atoms. The van der Waals surface area contributed by atoms with Crippen LogP contribution >= 0.6 is 0 Å². The third-order valence-electron chi connectivity index (χ3n) is 4.36. The van der Waals surface area contributed by atoms with E-state index in [2.05, 4.69) is 16.8 Å². The van der Waals surface area contributed by atoms with Gasteiger partial charge in [0, 0.05) is 26.2 Å². The second kappa shape index (κ2) is 8.05. The molecule has 0 radical (unpaired) electrons. The number of Topliss-reactive ketones (excluding diaryl/α,β-unsaturated/α-hetero) is 1. The number of carbonyl (C=O) groups is 2. The van der Waals surface area contributed by atoms with E-state index in [1.54, 1.807) is 48.5 Å². The molecule has 1 saturated heterocycles. The molecule has 1 fully saturated rings. The van der Waals surface area contributed by atoms with Crippen LogP contribution in [-0.2, 0) is 0 Å². The second-order valence-electron chi connectivity index (χ2n) is 6.25. The molecule has 0 N–H and O–H groups in total. The van der Waals surface area contributed by atoms with Gasteiger partial charge in [0.05, 0.1) is 17.7 Å². The number of carbonyl (C=O) groups excluding carboxylic acids is 2. The van der Waals surface area contributed by atoms with Gasteiger partial charge in [0.1, 0.15) is 5.75 Å². The summed E-state index contributed by atoms with van der Waals surface area (Å²) >= 11 is 0. The molecule has 1 aliphatic heterocycles. The standard InChI is InChI=1S/C20H22N2O3/c1-21-11-13-22(14-12-21)15-18(23)17-9-5-6-10-19(17)25-20(24)16-7-3-2-4-8-16/h2-10H,11-15H2,1H3. The van der Waals surface area contributed by atoms with Crippen molar-refractivity contribution in [3.63, 3.8) is 0 Å². The summed E-state index contributed by atoms with van der Waals surface area (Å²) in [6, 6.07) is 15.7. The van der Waals surface area contributed by atoms with Crippen LogP contribution in [0.25, 0.3) is 0 Å². The summed E-state index contributed by atoms with van der Waals surface area (Å²) in [6.07, 6.45) is 0. The Morgan fingerprint density at radius 3 is 2.28 bits per heavy atom. The van der Waals surface area contributed by atoms with Gasteiger partial charge < -0.3 is 9.64 Å². The van der Waals surface area contributed by atoms with Crippen molar-refractivity contribution in [2.45, 2.75) is 0 Å². The summed E-state index contributed by atoms with van der Waals surface area (Å²) in [6.45, 7) is 3.99. The minimum absolute atomic E-state index is 0.0268. The first-order valence-corrected chi connectivity index (χ1v) is 8.44. The Bertz CT molecular complexity index is 738. The summed E-state index contributed by atoms with van der Waals surface area (Å²) in [5.41, 5.74) is 0.912. The lowest BCUT2D eigenvalue weighted by Gasteiger charge is -2.31. The number of piperazine rings is 1. The number of para-hydroxylation sites is 1. The average molecular weight is 338 g/mol. The Kier molecular flexibility index (Phi) is 5.58. The van der Waals surface area contributed by atoms with Crippen molar-refractivity contribution in [3.8, 4) is 5.75 Å². The van der Waals surface area contributed by atoms with Crippen LogP contribution in [0, 0.1) is 0 Å². The van der Waals surface area contributed by atoms with Gasteiger partial charge in [0.2, 0.25) is 0 Å². The van der Waals surface area contributed by atoms with Crippen LogP contribution in [0.1, 0.15) is 20.7 Å². The van der Waals surface area contributed by atoms with E-state index in [0.29, 0.717) is 23.4 Å². The predicted octanol–water partition coefficient (Wildman–Crippen LogP) is 2.34. The maximum atomic E-state index is 12.7. The monoisotopic (exact) mass is 338 g/mol. The summed E-state index contributed by atoms with van der Waals surface area (Å²) in [5.74, 6) is -0.169.